The molecule has 1 unspecified atom stereocenters. The minimum Gasteiger partial charge on any atom is -0.490 e. The summed E-state index contributed by atoms with van der Waals surface area (Å²) in [5.41, 5.74) is 3.53. The van der Waals surface area contributed by atoms with Crippen LogP contribution in [0, 0.1) is 0 Å². The molecule has 2 heterocycles. The van der Waals surface area contributed by atoms with E-state index in [1.807, 2.05) is 62.4 Å². The van der Waals surface area contributed by atoms with Gasteiger partial charge in [-0.05, 0) is 68.5 Å². The van der Waals surface area contributed by atoms with Crippen LogP contribution >= 0.6 is 11.3 Å². The lowest BCUT2D eigenvalue weighted by Gasteiger charge is -2.25. The fourth-order valence-corrected chi connectivity index (χ4v) is 5.53. The van der Waals surface area contributed by atoms with Gasteiger partial charge in [0.25, 0.3) is 5.56 Å². The van der Waals surface area contributed by atoms with E-state index in [0.717, 1.165) is 11.1 Å². The third-order valence-electron chi connectivity index (χ3n) is 6.30. The predicted octanol–water partition coefficient (Wildman–Crippen LogP) is 4.72. The summed E-state index contributed by atoms with van der Waals surface area (Å²) < 4.78 is 18.9. The van der Waals surface area contributed by atoms with Gasteiger partial charge in [0.15, 0.2) is 16.3 Å². The summed E-state index contributed by atoms with van der Waals surface area (Å²) in [4.78, 5) is 32.1. The third kappa shape index (κ3) is 5.45. The standard InChI is InChI=1S/C30H34N2O5S/c1-7-35-23-15-10-20(16-24(23)36-8-2)17-25-28(33)32-27(22-13-11-21(12-14-22)18(4)5)26(29(34)37-9-3)19(6)31-30(32)38-25/h10-18,27H,7-9H2,1-6H3/b25-17+. The molecule has 2 aromatic carbocycles. The molecular weight excluding hydrogens is 500 g/mol. The van der Waals surface area contributed by atoms with Gasteiger partial charge in [-0.15, -0.1) is 0 Å². The zero-order valence-corrected chi connectivity index (χ0v) is 23.6. The highest BCUT2D eigenvalue weighted by Gasteiger charge is 2.33. The topological polar surface area (TPSA) is 79.1 Å². The molecule has 0 bridgehead atoms. The highest BCUT2D eigenvalue weighted by atomic mass is 32.1. The highest BCUT2D eigenvalue weighted by Crippen LogP contribution is 2.32. The van der Waals surface area contributed by atoms with Crippen molar-refractivity contribution in [2.45, 2.75) is 53.5 Å². The number of hydrogen-bond donors (Lipinski definition) is 0. The molecule has 38 heavy (non-hydrogen) atoms. The van der Waals surface area contributed by atoms with Gasteiger partial charge < -0.3 is 14.2 Å². The number of fused-ring (bicyclic) bond motifs is 1. The normalized spacial score (nSPS) is 15.3. The van der Waals surface area contributed by atoms with Gasteiger partial charge in [-0.1, -0.05) is 55.5 Å². The highest BCUT2D eigenvalue weighted by molar-refractivity contribution is 7.07. The Morgan fingerprint density at radius 2 is 1.71 bits per heavy atom. The van der Waals surface area contributed by atoms with Gasteiger partial charge in [-0.25, -0.2) is 9.79 Å². The minimum absolute atomic E-state index is 0.215. The molecule has 0 spiro atoms. The Labute approximate surface area is 226 Å². The van der Waals surface area contributed by atoms with Crippen LogP contribution in [0.5, 0.6) is 11.5 Å². The van der Waals surface area contributed by atoms with Crippen LogP contribution in [0.2, 0.25) is 0 Å². The number of benzene rings is 2. The maximum atomic E-state index is 13.8. The molecule has 7 nitrogen and oxygen atoms in total. The van der Waals surface area contributed by atoms with Crippen molar-refractivity contribution in [1.82, 2.24) is 4.57 Å². The lowest BCUT2D eigenvalue weighted by Crippen LogP contribution is -2.39. The van der Waals surface area contributed by atoms with E-state index in [-0.39, 0.29) is 12.2 Å². The summed E-state index contributed by atoms with van der Waals surface area (Å²) >= 11 is 1.30. The second-order valence-corrected chi connectivity index (χ2v) is 10.2. The Balaban J connectivity index is 1.88. The fourth-order valence-electron chi connectivity index (χ4n) is 4.48. The number of carbonyl (C=O) groups is 1. The van der Waals surface area contributed by atoms with Crippen molar-refractivity contribution < 1.29 is 19.0 Å². The summed E-state index contributed by atoms with van der Waals surface area (Å²) in [7, 11) is 0. The van der Waals surface area contributed by atoms with E-state index in [1.54, 1.807) is 18.4 Å². The zero-order valence-electron chi connectivity index (χ0n) is 22.7. The number of aromatic nitrogens is 1. The zero-order chi connectivity index (χ0) is 27.4. The maximum Gasteiger partial charge on any atom is 0.338 e. The second kappa shape index (κ2) is 11.8. The molecule has 0 fully saturated rings. The molecule has 1 aliphatic rings. The monoisotopic (exact) mass is 534 g/mol. The first-order valence-corrected chi connectivity index (χ1v) is 13.8. The lowest BCUT2D eigenvalue weighted by atomic mass is 9.93. The lowest BCUT2D eigenvalue weighted by molar-refractivity contribution is -0.139. The molecular formula is C30H34N2O5S. The van der Waals surface area contributed by atoms with Gasteiger partial charge in [-0.2, -0.15) is 0 Å². The first-order chi connectivity index (χ1) is 18.3. The molecule has 1 aliphatic heterocycles. The number of thiazole rings is 1. The number of hydrogen-bond acceptors (Lipinski definition) is 7. The Kier molecular flexibility index (Phi) is 8.52. The van der Waals surface area contributed by atoms with Crippen molar-refractivity contribution in [2.24, 2.45) is 4.99 Å². The molecule has 1 atom stereocenters. The molecule has 1 aromatic heterocycles. The third-order valence-corrected chi connectivity index (χ3v) is 7.28. The summed E-state index contributed by atoms with van der Waals surface area (Å²) in [5, 5.41) is 0. The van der Waals surface area contributed by atoms with E-state index in [2.05, 4.69) is 18.8 Å². The van der Waals surface area contributed by atoms with Crippen molar-refractivity contribution in [3.63, 3.8) is 0 Å². The molecule has 0 N–H and O–H groups in total. The summed E-state index contributed by atoms with van der Waals surface area (Å²) in [6.45, 7) is 12.9. The maximum absolute atomic E-state index is 13.8. The molecule has 0 saturated heterocycles. The molecule has 0 amide bonds. The molecule has 0 radical (unpaired) electrons. The fraction of sp³-hybridized carbons (Fsp3) is 0.367. The van der Waals surface area contributed by atoms with Gasteiger partial charge in [0.1, 0.15) is 0 Å². The number of esters is 1. The summed E-state index contributed by atoms with van der Waals surface area (Å²) in [5.74, 6) is 1.18. The summed E-state index contributed by atoms with van der Waals surface area (Å²) in [6, 6.07) is 13.0. The van der Waals surface area contributed by atoms with Crippen LogP contribution in [0.3, 0.4) is 0 Å². The quantitative estimate of drug-likeness (QED) is 0.371. The molecule has 4 rings (SSSR count). The van der Waals surface area contributed by atoms with Crippen molar-refractivity contribution in [2.75, 3.05) is 19.8 Å². The van der Waals surface area contributed by atoms with Crippen LogP contribution in [-0.4, -0.2) is 30.4 Å². The molecule has 200 valence electrons. The van der Waals surface area contributed by atoms with Crippen LogP contribution in [-0.2, 0) is 9.53 Å². The second-order valence-electron chi connectivity index (χ2n) is 9.20. The Bertz CT molecular complexity index is 1530. The number of allylic oxidation sites excluding steroid dienone is 1. The molecule has 3 aromatic rings. The first-order valence-electron chi connectivity index (χ1n) is 13.0. The largest absolute Gasteiger partial charge is 0.490 e. The first kappa shape index (κ1) is 27.4. The average molecular weight is 535 g/mol. The van der Waals surface area contributed by atoms with Gasteiger partial charge >= 0.3 is 5.97 Å². The SMILES string of the molecule is CCOC(=O)C1=C(C)N=c2s/c(=C/c3ccc(OCC)c(OCC)c3)c(=O)n2C1c1ccc(C(C)C)cc1. The number of carbonyl (C=O) groups excluding carboxylic acids is 1. The van der Waals surface area contributed by atoms with Crippen LogP contribution in [0.1, 0.15) is 70.2 Å². The van der Waals surface area contributed by atoms with E-state index < -0.39 is 12.0 Å². The number of nitrogens with zero attached hydrogens (tertiary/aromatic N) is 2. The van der Waals surface area contributed by atoms with E-state index in [9.17, 15) is 9.59 Å². The summed E-state index contributed by atoms with van der Waals surface area (Å²) in [6.07, 6.45) is 1.82. The van der Waals surface area contributed by atoms with E-state index in [1.165, 1.54) is 16.9 Å². The van der Waals surface area contributed by atoms with E-state index in [4.69, 9.17) is 14.2 Å². The van der Waals surface area contributed by atoms with Crippen LogP contribution in [0.4, 0.5) is 0 Å². The van der Waals surface area contributed by atoms with Gasteiger partial charge in [-0.3, -0.25) is 9.36 Å². The van der Waals surface area contributed by atoms with Gasteiger partial charge in [0.2, 0.25) is 0 Å². The van der Waals surface area contributed by atoms with E-state index in [0.29, 0.717) is 51.2 Å². The van der Waals surface area contributed by atoms with Crippen molar-refractivity contribution in [3.05, 3.63) is 90.1 Å². The van der Waals surface area contributed by atoms with Crippen molar-refractivity contribution in [1.29, 1.82) is 0 Å². The molecule has 0 saturated carbocycles. The Hall–Kier alpha value is -3.65. The van der Waals surface area contributed by atoms with Crippen molar-refractivity contribution in [3.8, 4) is 11.5 Å². The van der Waals surface area contributed by atoms with Gasteiger partial charge in [0.05, 0.1) is 41.7 Å². The smallest absolute Gasteiger partial charge is 0.338 e. The van der Waals surface area contributed by atoms with Crippen LogP contribution in [0.25, 0.3) is 6.08 Å². The number of rotatable bonds is 9. The van der Waals surface area contributed by atoms with E-state index >= 15 is 0 Å². The minimum atomic E-state index is -0.632. The van der Waals surface area contributed by atoms with Crippen LogP contribution in [0.15, 0.2) is 63.5 Å². The molecule has 8 heteroatoms. The predicted molar refractivity (Wildman–Crippen MR) is 150 cm³/mol. The Morgan fingerprint density at radius 1 is 1.03 bits per heavy atom. The van der Waals surface area contributed by atoms with Gasteiger partial charge in [0, 0.05) is 0 Å². The van der Waals surface area contributed by atoms with Crippen LogP contribution < -0.4 is 24.4 Å². The number of ether oxygens (including phenoxy) is 3. The van der Waals surface area contributed by atoms with Crippen molar-refractivity contribution >= 4 is 23.4 Å². The molecule has 0 aliphatic carbocycles. The average Bonchev–Trinajstić information content (AvgIpc) is 3.19. The Morgan fingerprint density at radius 3 is 2.34 bits per heavy atom.